The van der Waals surface area contributed by atoms with Gasteiger partial charge >= 0.3 is 0 Å². The smallest absolute Gasteiger partial charge is 0.254 e. The number of carbonyl (C=O) groups excluding carboxylic acids is 2. The molecule has 4 rings (SSSR count). The number of piperidine rings is 1. The van der Waals surface area contributed by atoms with E-state index in [4.69, 9.17) is 16.9 Å². The Hall–Kier alpha value is -2.93. The molecule has 10 heteroatoms. The summed E-state index contributed by atoms with van der Waals surface area (Å²) in [5, 5.41) is 12.5. The van der Waals surface area contributed by atoms with Crippen LogP contribution >= 0.6 is 11.6 Å². The maximum Gasteiger partial charge on any atom is 0.254 e. The molecule has 184 valence electrons. The van der Waals surface area contributed by atoms with Gasteiger partial charge in [-0.2, -0.15) is 9.57 Å². The molecule has 0 aliphatic carbocycles. The van der Waals surface area contributed by atoms with Gasteiger partial charge < -0.3 is 10.2 Å². The molecule has 0 saturated carbocycles. The quantitative estimate of drug-likeness (QED) is 0.635. The van der Waals surface area contributed by atoms with Crippen LogP contribution in [0.4, 0.5) is 0 Å². The second-order valence-corrected chi connectivity index (χ2v) is 11.3. The van der Waals surface area contributed by atoms with Crippen LogP contribution in [0, 0.1) is 17.2 Å². The fraction of sp³-hybridized carbons (Fsp3) is 0.400. The van der Waals surface area contributed by atoms with Gasteiger partial charge in [-0.25, -0.2) is 8.42 Å². The van der Waals surface area contributed by atoms with Crippen molar-refractivity contribution in [3.8, 4) is 6.07 Å². The van der Waals surface area contributed by atoms with Crippen LogP contribution in [0.3, 0.4) is 0 Å². The first kappa shape index (κ1) is 25.2. The highest BCUT2D eigenvalue weighted by molar-refractivity contribution is 7.89. The minimum atomic E-state index is -3.79. The van der Waals surface area contributed by atoms with E-state index in [1.54, 1.807) is 18.2 Å². The molecule has 0 aromatic heterocycles. The SMILES string of the molecule is C[C@@H](NC(=O)C1CCCCN1C(=O)c1cccc(S(=O)(=O)N2CC(C#N)C2)c1)c1ccc(Cl)cc1. The normalized spacial score (nSPS) is 19.9. The summed E-state index contributed by atoms with van der Waals surface area (Å²) in [5.41, 5.74) is 1.12. The lowest BCUT2D eigenvalue weighted by Crippen LogP contribution is -2.52. The first-order valence-electron chi connectivity index (χ1n) is 11.6. The van der Waals surface area contributed by atoms with Crippen molar-refractivity contribution >= 4 is 33.4 Å². The number of nitriles is 1. The molecule has 1 unspecified atom stereocenters. The van der Waals surface area contributed by atoms with E-state index in [0.29, 0.717) is 18.0 Å². The Morgan fingerprint density at radius 3 is 2.54 bits per heavy atom. The average Bonchev–Trinajstić information content (AvgIpc) is 2.83. The number of hydrogen-bond acceptors (Lipinski definition) is 5. The highest BCUT2D eigenvalue weighted by Gasteiger charge is 2.38. The van der Waals surface area contributed by atoms with Crippen molar-refractivity contribution in [2.24, 2.45) is 5.92 Å². The third-order valence-corrected chi connectivity index (χ3v) is 8.62. The molecular formula is C25H27ClN4O4S. The topological polar surface area (TPSA) is 111 Å². The monoisotopic (exact) mass is 514 g/mol. The van der Waals surface area contributed by atoms with Gasteiger partial charge in [-0.05, 0) is 62.1 Å². The summed E-state index contributed by atoms with van der Waals surface area (Å²) < 4.78 is 27.0. The zero-order valence-electron chi connectivity index (χ0n) is 19.4. The number of nitrogens with one attached hydrogen (secondary N) is 1. The Balaban J connectivity index is 1.50. The number of rotatable bonds is 6. The molecule has 2 atom stereocenters. The minimum Gasteiger partial charge on any atom is -0.348 e. The Labute approximate surface area is 210 Å². The van der Waals surface area contributed by atoms with Gasteiger partial charge in [0.25, 0.3) is 5.91 Å². The van der Waals surface area contributed by atoms with E-state index >= 15 is 0 Å². The summed E-state index contributed by atoms with van der Waals surface area (Å²) in [6.45, 7) is 2.59. The van der Waals surface area contributed by atoms with Crippen LogP contribution in [0.2, 0.25) is 5.02 Å². The van der Waals surface area contributed by atoms with E-state index < -0.39 is 16.1 Å². The van der Waals surface area contributed by atoms with Crippen LogP contribution in [0.1, 0.15) is 48.1 Å². The Morgan fingerprint density at radius 1 is 1.14 bits per heavy atom. The third-order valence-electron chi connectivity index (χ3n) is 6.54. The van der Waals surface area contributed by atoms with Crippen LogP contribution < -0.4 is 5.32 Å². The number of nitrogens with zero attached hydrogens (tertiary/aromatic N) is 3. The van der Waals surface area contributed by atoms with Crippen molar-refractivity contribution < 1.29 is 18.0 Å². The second-order valence-electron chi connectivity index (χ2n) is 8.97. The fourth-order valence-electron chi connectivity index (χ4n) is 4.41. The van der Waals surface area contributed by atoms with Gasteiger partial charge in [0, 0.05) is 30.2 Å². The number of halogens is 1. The van der Waals surface area contributed by atoms with Crippen LogP contribution in [-0.4, -0.2) is 55.1 Å². The predicted molar refractivity (Wildman–Crippen MR) is 131 cm³/mol. The molecule has 8 nitrogen and oxygen atoms in total. The molecule has 2 saturated heterocycles. The van der Waals surface area contributed by atoms with Crippen molar-refractivity contribution in [3.05, 3.63) is 64.7 Å². The van der Waals surface area contributed by atoms with E-state index in [0.717, 1.165) is 18.4 Å². The second kappa shape index (κ2) is 10.4. The maximum absolute atomic E-state index is 13.4. The average molecular weight is 515 g/mol. The van der Waals surface area contributed by atoms with E-state index in [1.807, 2.05) is 19.1 Å². The van der Waals surface area contributed by atoms with Gasteiger partial charge in [-0.15, -0.1) is 0 Å². The molecule has 0 bridgehead atoms. The molecular weight excluding hydrogens is 488 g/mol. The largest absolute Gasteiger partial charge is 0.348 e. The zero-order chi connectivity index (χ0) is 25.2. The van der Waals surface area contributed by atoms with Gasteiger partial charge in [0.1, 0.15) is 6.04 Å². The highest BCUT2D eigenvalue weighted by Crippen LogP contribution is 2.27. The predicted octanol–water partition coefficient (Wildman–Crippen LogP) is 3.36. The molecule has 2 amide bonds. The van der Waals surface area contributed by atoms with Crippen molar-refractivity contribution in [1.29, 1.82) is 5.26 Å². The molecule has 1 N–H and O–H groups in total. The summed E-state index contributed by atoms with van der Waals surface area (Å²) in [6, 6.07) is 14.3. The van der Waals surface area contributed by atoms with Crippen LogP contribution in [0.5, 0.6) is 0 Å². The third kappa shape index (κ3) is 5.35. The molecule has 35 heavy (non-hydrogen) atoms. The molecule has 2 fully saturated rings. The van der Waals surface area contributed by atoms with E-state index in [1.165, 1.54) is 27.4 Å². The number of carbonyl (C=O) groups is 2. The zero-order valence-corrected chi connectivity index (χ0v) is 20.9. The molecule has 2 aliphatic heterocycles. The Bertz CT molecular complexity index is 1250. The number of hydrogen-bond donors (Lipinski definition) is 1. The van der Waals surface area contributed by atoms with Crippen LogP contribution in [-0.2, 0) is 14.8 Å². The van der Waals surface area contributed by atoms with E-state index in [2.05, 4.69) is 11.4 Å². The molecule has 0 radical (unpaired) electrons. The Morgan fingerprint density at radius 2 is 1.86 bits per heavy atom. The molecule has 2 aromatic carbocycles. The number of amides is 2. The van der Waals surface area contributed by atoms with Crippen molar-refractivity contribution in [1.82, 2.24) is 14.5 Å². The molecule has 2 heterocycles. The van der Waals surface area contributed by atoms with E-state index in [-0.39, 0.29) is 47.3 Å². The molecule has 2 aliphatic rings. The molecule has 0 spiro atoms. The standard InChI is InChI=1S/C25H27ClN4O4S/c1-17(19-8-10-21(26)11-9-19)28-24(31)23-7-2-3-12-30(23)25(32)20-5-4-6-22(13-20)35(33,34)29-15-18(14-27)16-29/h4-6,8-11,13,17-18,23H,2-3,7,12,15-16H2,1H3,(H,28,31)/t17-,23?/m1/s1. The van der Waals surface area contributed by atoms with Gasteiger partial charge in [-0.1, -0.05) is 29.8 Å². The first-order chi connectivity index (χ1) is 16.7. The Kier molecular flexibility index (Phi) is 7.45. The first-order valence-corrected chi connectivity index (χ1v) is 13.4. The fourth-order valence-corrected chi connectivity index (χ4v) is 6.12. The van der Waals surface area contributed by atoms with Crippen LogP contribution in [0.25, 0.3) is 0 Å². The molecule has 2 aromatic rings. The number of benzene rings is 2. The summed E-state index contributed by atoms with van der Waals surface area (Å²) >= 11 is 5.95. The lowest BCUT2D eigenvalue weighted by molar-refractivity contribution is -0.127. The van der Waals surface area contributed by atoms with E-state index in [9.17, 15) is 18.0 Å². The van der Waals surface area contributed by atoms with Crippen molar-refractivity contribution in [2.75, 3.05) is 19.6 Å². The minimum absolute atomic E-state index is 0.00844. The van der Waals surface area contributed by atoms with Crippen LogP contribution in [0.15, 0.2) is 53.4 Å². The van der Waals surface area contributed by atoms with Gasteiger partial charge in [0.05, 0.1) is 22.9 Å². The summed E-state index contributed by atoms with van der Waals surface area (Å²) in [7, 11) is -3.79. The van der Waals surface area contributed by atoms with Gasteiger partial charge in [0.2, 0.25) is 15.9 Å². The summed E-state index contributed by atoms with van der Waals surface area (Å²) in [6.07, 6.45) is 2.12. The van der Waals surface area contributed by atoms with Crippen molar-refractivity contribution in [3.63, 3.8) is 0 Å². The number of likely N-dealkylation sites (tertiary alicyclic amines) is 1. The summed E-state index contributed by atoms with van der Waals surface area (Å²) in [5.74, 6) is -0.926. The van der Waals surface area contributed by atoms with Gasteiger partial charge in [0.15, 0.2) is 0 Å². The lowest BCUT2D eigenvalue weighted by Gasteiger charge is -2.36. The van der Waals surface area contributed by atoms with Crippen molar-refractivity contribution in [2.45, 2.75) is 43.2 Å². The highest BCUT2D eigenvalue weighted by atomic mass is 35.5. The van der Waals surface area contributed by atoms with Gasteiger partial charge in [-0.3, -0.25) is 9.59 Å². The maximum atomic E-state index is 13.4. The lowest BCUT2D eigenvalue weighted by atomic mass is 9.99. The summed E-state index contributed by atoms with van der Waals surface area (Å²) in [4.78, 5) is 28.1. The number of sulfonamides is 1.